The van der Waals surface area contributed by atoms with Gasteiger partial charge < -0.3 is 0 Å². The molecule has 2 aromatic rings. The van der Waals surface area contributed by atoms with Crippen LogP contribution in [0, 0.1) is 6.92 Å². The predicted octanol–water partition coefficient (Wildman–Crippen LogP) is 3.32. The van der Waals surface area contributed by atoms with Gasteiger partial charge in [0.15, 0.2) is 0 Å². The normalized spacial score (nSPS) is 18.3. The van der Waals surface area contributed by atoms with Crippen molar-refractivity contribution in [1.29, 1.82) is 0 Å². The Morgan fingerprint density at radius 3 is 2.78 bits per heavy atom. The molecule has 0 saturated carbocycles. The molecule has 0 fully saturated rings. The lowest BCUT2D eigenvalue weighted by molar-refractivity contribution is 0.730. The Morgan fingerprint density at radius 1 is 1.17 bits per heavy atom. The number of aryl methyl sites for hydroxylation is 1. The number of anilines is 1. The first kappa shape index (κ1) is 10.9. The van der Waals surface area contributed by atoms with Crippen molar-refractivity contribution in [1.82, 2.24) is 4.98 Å². The van der Waals surface area contributed by atoms with Crippen LogP contribution in [0.1, 0.15) is 17.2 Å². The maximum absolute atomic E-state index is 4.24. The number of aromatic nitrogens is 1. The van der Waals surface area contributed by atoms with Crippen molar-refractivity contribution in [3.63, 3.8) is 0 Å². The van der Waals surface area contributed by atoms with Gasteiger partial charge >= 0.3 is 0 Å². The SMILES string of the molecule is Cc1cccc(N2N=NCC2c2ccncc2)c1. The van der Waals surface area contributed by atoms with Crippen molar-refractivity contribution in [2.75, 3.05) is 11.6 Å². The van der Waals surface area contributed by atoms with E-state index in [-0.39, 0.29) is 6.04 Å². The minimum Gasteiger partial charge on any atom is -0.265 e. The van der Waals surface area contributed by atoms with Crippen LogP contribution in [0.25, 0.3) is 0 Å². The molecule has 4 nitrogen and oxygen atoms in total. The Bertz CT molecular complexity index is 565. The molecular formula is C14H14N4. The first-order valence-electron chi connectivity index (χ1n) is 5.98. The van der Waals surface area contributed by atoms with Gasteiger partial charge in [-0.25, -0.2) is 5.01 Å². The van der Waals surface area contributed by atoms with E-state index in [1.807, 2.05) is 35.6 Å². The third-order valence-electron chi connectivity index (χ3n) is 3.07. The van der Waals surface area contributed by atoms with E-state index in [0.717, 1.165) is 5.69 Å². The molecule has 90 valence electrons. The van der Waals surface area contributed by atoms with E-state index < -0.39 is 0 Å². The highest BCUT2D eigenvalue weighted by molar-refractivity contribution is 5.50. The monoisotopic (exact) mass is 238 g/mol. The lowest BCUT2D eigenvalue weighted by Crippen LogP contribution is -2.20. The molecule has 0 spiro atoms. The van der Waals surface area contributed by atoms with Crippen LogP contribution in [-0.2, 0) is 0 Å². The van der Waals surface area contributed by atoms with E-state index in [1.165, 1.54) is 11.1 Å². The van der Waals surface area contributed by atoms with Crippen LogP contribution in [0.5, 0.6) is 0 Å². The quantitative estimate of drug-likeness (QED) is 0.805. The molecule has 4 heteroatoms. The number of nitrogens with zero attached hydrogens (tertiary/aromatic N) is 4. The van der Waals surface area contributed by atoms with Gasteiger partial charge in [0.25, 0.3) is 0 Å². The average Bonchev–Trinajstić information content (AvgIpc) is 2.89. The smallest absolute Gasteiger partial charge is 0.101 e. The van der Waals surface area contributed by atoms with E-state index >= 15 is 0 Å². The van der Waals surface area contributed by atoms with Gasteiger partial charge in [0.1, 0.15) is 6.04 Å². The summed E-state index contributed by atoms with van der Waals surface area (Å²) < 4.78 is 0. The summed E-state index contributed by atoms with van der Waals surface area (Å²) in [6.45, 7) is 2.77. The molecule has 1 aliphatic heterocycles. The lowest BCUT2D eigenvalue weighted by Gasteiger charge is -2.22. The topological polar surface area (TPSA) is 40.9 Å². The Hall–Kier alpha value is -2.23. The first-order chi connectivity index (χ1) is 8.84. The fourth-order valence-corrected chi connectivity index (χ4v) is 2.16. The van der Waals surface area contributed by atoms with E-state index in [0.29, 0.717) is 6.54 Å². The highest BCUT2D eigenvalue weighted by atomic mass is 15.6. The van der Waals surface area contributed by atoms with Gasteiger partial charge in [-0.2, -0.15) is 5.11 Å². The predicted molar refractivity (Wildman–Crippen MR) is 70.4 cm³/mol. The highest BCUT2D eigenvalue weighted by Crippen LogP contribution is 2.31. The summed E-state index contributed by atoms with van der Waals surface area (Å²) in [4.78, 5) is 4.05. The van der Waals surface area contributed by atoms with Crippen molar-refractivity contribution < 1.29 is 0 Å². The van der Waals surface area contributed by atoms with Crippen molar-refractivity contribution >= 4 is 5.69 Å². The van der Waals surface area contributed by atoms with E-state index in [1.54, 1.807) is 0 Å². The van der Waals surface area contributed by atoms with Crippen LogP contribution < -0.4 is 5.01 Å². The number of benzene rings is 1. The molecule has 1 atom stereocenters. The summed E-state index contributed by atoms with van der Waals surface area (Å²) >= 11 is 0. The summed E-state index contributed by atoms with van der Waals surface area (Å²) in [6, 6.07) is 12.5. The minimum atomic E-state index is 0.176. The molecule has 2 heterocycles. The molecule has 1 unspecified atom stereocenters. The van der Waals surface area contributed by atoms with Crippen molar-refractivity contribution in [3.8, 4) is 0 Å². The van der Waals surface area contributed by atoms with Crippen LogP contribution in [0.15, 0.2) is 59.1 Å². The fourth-order valence-electron chi connectivity index (χ4n) is 2.16. The van der Waals surface area contributed by atoms with Crippen LogP contribution >= 0.6 is 0 Å². The maximum Gasteiger partial charge on any atom is 0.101 e. The van der Waals surface area contributed by atoms with E-state index in [2.05, 4.69) is 40.4 Å². The second-order valence-corrected chi connectivity index (χ2v) is 4.39. The van der Waals surface area contributed by atoms with Crippen LogP contribution in [0.4, 0.5) is 5.69 Å². The molecule has 0 N–H and O–H groups in total. The largest absolute Gasteiger partial charge is 0.265 e. The zero-order chi connectivity index (χ0) is 12.4. The summed E-state index contributed by atoms with van der Waals surface area (Å²) in [5, 5.41) is 10.4. The number of hydrogen-bond acceptors (Lipinski definition) is 4. The third-order valence-corrected chi connectivity index (χ3v) is 3.07. The molecule has 1 aliphatic rings. The van der Waals surface area contributed by atoms with Gasteiger partial charge in [0, 0.05) is 12.4 Å². The molecule has 18 heavy (non-hydrogen) atoms. The Morgan fingerprint density at radius 2 is 2.00 bits per heavy atom. The Balaban J connectivity index is 1.94. The third kappa shape index (κ3) is 1.97. The van der Waals surface area contributed by atoms with Gasteiger partial charge in [-0.15, -0.1) is 0 Å². The van der Waals surface area contributed by atoms with Gasteiger partial charge in [0.05, 0.1) is 12.2 Å². The number of hydrogen-bond donors (Lipinski definition) is 0. The summed E-state index contributed by atoms with van der Waals surface area (Å²) in [7, 11) is 0. The molecule has 0 bridgehead atoms. The van der Waals surface area contributed by atoms with Crippen molar-refractivity contribution in [2.45, 2.75) is 13.0 Å². The molecule has 1 aromatic carbocycles. The van der Waals surface area contributed by atoms with Gasteiger partial charge in [-0.1, -0.05) is 17.4 Å². The number of pyridine rings is 1. The second kappa shape index (κ2) is 4.56. The van der Waals surface area contributed by atoms with Crippen LogP contribution in [-0.4, -0.2) is 11.5 Å². The van der Waals surface area contributed by atoms with E-state index in [9.17, 15) is 0 Å². The van der Waals surface area contributed by atoms with Crippen LogP contribution in [0.2, 0.25) is 0 Å². The summed E-state index contributed by atoms with van der Waals surface area (Å²) in [5.74, 6) is 0. The number of rotatable bonds is 2. The fraction of sp³-hybridized carbons (Fsp3) is 0.214. The molecular weight excluding hydrogens is 224 g/mol. The van der Waals surface area contributed by atoms with Gasteiger partial charge in [-0.05, 0) is 42.3 Å². The summed E-state index contributed by atoms with van der Waals surface area (Å²) in [5.41, 5.74) is 3.50. The summed E-state index contributed by atoms with van der Waals surface area (Å²) in [6.07, 6.45) is 3.62. The lowest BCUT2D eigenvalue weighted by atomic mass is 10.1. The molecule has 3 rings (SSSR count). The molecule has 0 radical (unpaired) electrons. The average molecular weight is 238 g/mol. The Kier molecular flexibility index (Phi) is 2.76. The highest BCUT2D eigenvalue weighted by Gasteiger charge is 2.25. The van der Waals surface area contributed by atoms with E-state index in [4.69, 9.17) is 0 Å². The minimum absolute atomic E-state index is 0.176. The second-order valence-electron chi connectivity index (χ2n) is 4.39. The molecule has 1 aromatic heterocycles. The molecule has 0 saturated heterocycles. The molecule has 0 amide bonds. The standard InChI is InChI=1S/C14H14N4/c1-11-3-2-4-13(9-11)18-14(10-16-17-18)12-5-7-15-8-6-12/h2-9,14H,10H2,1H3. The molecule has 0 aliphatic carbocycles. The maximum atomic E-state index is 4.24. The zero-order valence-electron chi connectivity index (χ0n) is 10.2. The van der Waals surface area contributed by atoms with Crippen LogP contribution in [0.3, 0.4) is 0 Å². The zero-order valence-corrected chi connectivity index (χ0v) is 10.2. The van der Waals surface area contributed by atoms with Crippen molar-refractivity contribution in [2.24, 2.45) is 10.3 Å². The van der Waals surface area contributed by atoms with Gasteiger partial charge in [0.2, 0.25) is 0 Å². The Labute approximate surface area is 106 Å². The van der Waals surface area contributed by atoms with Gasteiger partial charge in [-0.3, -0.25) is 4.98 Å². The van der Waals surface area contributed by atoms with Crippen molar-refractivity contribution in [3.05, 3.63) is 59.9 Å². The first-order valence-corrected chi connectivity index (χ1v) is 5.98.